The second-order valence-corrected chi connectivity index (χ2v) is 6.13. The summed E-state index contributed by atoms with van der Waals surface area (Å²) in [5.41, 5.74) is -1.89. The summed E-state index contributed by atoms with van der Waals surface area (Å²) in [4.78, 5) is -0.530. The standard InChI is InChI=1S/C12H14F3N3O2S.ClH/c1-8(17-2)7-18-21(19,20)10-4-3-9(6-16)11(5-10)12(13,14)15;/h3-5,8,17-18H,7H2,1-2H3;1H. The van der Waals surface area contributed by atoms with E-state index < -0.39 is 32.2 Å². The smallest absolute Gasteiger partial charge is 0.316 e. The summed E-state index contributed by atoms with van der Waals surface area (Å²) in [5, 5.41) is 11.5. The van der Waals surface area contributed by atoms with E-state index >= 15 is 0 Å². The molecule has 0 aliphatic carbocycles. The third kappa shape index (κ3) is 5.14. The Labute approximate surface area is 133 Å². The molecule has 0 aromatic heterocycles. The van der Waals surface area contributed by atoms with E-state index in [1.165, 1.54) is 6.07 Å². The number of likely N-dealkylation sites (N-methyl/N-ethyl adjacent to an activating group) is 1. The van der Waals surface area contributed by atoms with Crippen molar-refractivity contribution in [3.8, 4) is 6.07 Å². The van der Waals surface area contributed by atoms with E-state index in [-0.39, 0.29) is 25.0 Å². The van der Waals surface area contributed by atoms with E-state index in [2.05, 4.69) is 10.0 Å². The van der Waals surface area contributed by atoms with E-state index in [0.29, 0.717) is 6.07 Å². The average Bonchev–Trinajstić information content (AvgIpc) is 2.43. The second-order valence-electron chi connectivity index (χ2n) is 4.36. The van der Waals surface area contributed by atoms with Crippen LogP contribution in [0.25, 0.3) is 0 Å². The van der Waals surface area contributed by atoms with Gasteiger partial charge in [0.1, 0.15) is 0 Å². The fourth-order valence-corrected chi connectivity index (χ4v) is 2.60. The lowest BCUT2D eigenvalue weighted by Crippen LogP contribution is -2.37. The molecule has 1 aromatic rings. The van der Waals surface area contributed by atoms with Gasteiger partial charge in [-0.2, -0.15) is 18.4 Å². The molecule has 0 aliphatic rings. The predicted molar refractivity (Wildman–Crippen MR) is 77.1 cm³/mol. The summed E-state index contributed by atoms with van der Waals surface area (Å²) < 4.78 is 64.5. The van der Waals surface area contributed by atoms with Gasteiger partial charge in [-0.3, -0.25) is 0 Å². The molecule has 0 aliphatic heterocycles. The summed E-state index contributed by atoms with van der Waals surface area (Å²) >= 11 is 0. The Morgan fingerprint density at radius 1 is 1.36 bits per heavy atom. The largest absolute Gasteiger partial charge is 0.417 e. The maximum Gasteiger partial charge on any atom is 0.417 e. The van der Waals surface area contributed by atoms with E-state index in [1.54, 1.807) is 14.0 Å². The Bertz CT molecular complexity index is 657. The maximum absolute atomic E-state index is 12.8. The molecule has 0 heterocycles. The Hall–Kier alpha value is -1.34. The molecular weight excluding hydrogens is 343 g/mol. The molecule has 0 fully saturated rings. The van der Waals surface area contributed by atoms with Crippen LogP contribution in [0, 0.1) is 11.3 Å². The number of benzene rings is 1. The lowest BCUT2D eigenvalue weighted by Gasteiger charge is -2.14. The van der Waals surface area contributed by atoms with Gasteiger partial charge in [0, 0.05) is 12.6 Å². The van der Waals surface area contributed by atoms with E-state index in [9.17, 15) is 21.6 Å². The van der Waals surface area contributed by atoms with Crippen LogP contribution in [-0.2, 0) is 16.2 Å². The minimum Gasteiger partial charge on any atom is -0.316 e. The molecule has 5 nitrogen and oxygen atoms in total. The monoisotopic (exact) mass is 357 g/mol. The molecule has 0 amide bonds. The zero-order valence-electron chi connectivity index (χ0n) is 11.7. The van der Waals surface area contributed by atoms with Crippen LogP contribution in [0.5, 0.6) is 0 Å². The van der Waals surface area contributed by atoms with Crippen LogP contribution in [0.4, 0.5) is 13.2 Å². The number of nitriles is 1. The van der Waals surface area contributed by atoms with Crippen LogP contribution >= 0.6 is 12.4 Å². The third-order valence-electron chi connectivity index (χ3n) is 2.80. The molecule has 10 heteroatoms. The van der Waals surface area contributed by atoms with Gasteiger partial charge in [0.15, 0.2) is 0 Å². The van der Waals surface area contributed by atoms with Gasteiger partial charge in [-0.1, -0.05) is 0 Å². The molecule has 0 saturated carbocycles. The van der Waals surface area contributed by atoms with E-state index in [4.69, 9.17) is 5.26 Å². The highest BCUT2D eigenvalue weighted by molar-refractivity contribution is 7.89. The molecule has 0 bridgehead atoms. The number of sulfonamides is 1. The zero-order valence-corrected chi connectivity index (χ0v) is 13.4. The lowest BCUT2D eigenvalue weighted by atomic mass is 10.1. The molecule has 0 saturated heterocycles. The van der Waals surface area contributed by atoms with Crippen LogP contribution in [0.2, 0.25) is 0 Å². The van der Waals surface area contributed by atoms with Gasteiger partial charge in [-0.15, -0.1) is 12.4 Å². The zero-order chi connectivity index (χ0) is 16.3. The summed E-state index contributed by atoms with van der Waals surface area (Å²) in [5.74, 6) is 0. The van der Waals surface area contributed by atoms with Gasteiger partial charge in [-0.05, 0) is 32.2 Å². The molecule has 1 atom stereocenters. The van der Waals surface area contributed by atoms with Gasteiger partial charge in [0.05, 0.1) is 22.1 Å². The normalized spacial score (nSPS) is 13.1. The van der Waals surface area contributed by atoms with Gasteiger partial charge >= 0.3 is 6.18 Å². The van der Waals surface area contributed by atoms with Crippen molar-refractivity contribution in [2.45, 2.75) is 24.0 Å². The minimum absolute atomic E-state index is 0. The van der Waals surface area contributed by atoms with Gasteiger partial charge in [0.25, 0.3) is 0 Å². The minimum atomic E-state index is -4.80. The quantitative estimate of drug-likeness (QED) is 0.843. The van der Waals surface area contributed by atoms with Crippen molar-refractivity contribution in [2.75, 3.05) is 13.6 Å². The summed E-state index contributed by atoms with van der Waals surface area (Å²) in [7, 11) is -2.45. The van der Waals surface area contributed by atoms with Crippen molar-refractivity contribution in [1.29, 1.82) is 5.26 Å². The number of hydrogen-bond donors (Lipinski definition) is 2. The molecular formula is C12H15ClF3N3O2S. The molecule has 0 spiro atoms. The number of halogens is 4. The molecule has 22 heavy (non-hydrogen) atoms. The van der Waals surface area contributed by atoms with Crippen molar-refractivity contribution in [3.05, 3.63) is 29.3 Å². The van der Waals surface area contributed by atoms with Crippen LogP contribution in [0.3, 0.4) is 0 Å². The number of nitrogens with zero attached hydrogens (tertiary/aromatic N) is 1. The molecule has 124 valence electrons. The molecule has 1 unspecified atom stereocenters. The first kappa shape index (κ1) is 20.7. The van der Waals surface area contributed by atoms with Crippen LogP contribution in [0.15, 0.2) is 23.1 Å². The highest BCUT2D eigenvalue weighted by Gasteiger charge is 2.35. The van der Waals surface area contributed by atoms with Gasteiger partial charge in [0.2, 0.25) is 10.0 Å². The Balaban J connectivity index is 0.00000441. The summed E-state index contributed by atoms with van der Waals surface area (Å²) in [6, 6.07) is 3.50. The topological polar surface area (TPSA) is 82.0 Å². The van der Waals surface area contributed by atoms with Crippen LogP contribution in [-0.4, -0.2) is 28.1 Å². The first-order valence-electron chi connectivity index (χ1n) is 5.90. The predicted octanol–water partition coefficient (Wildman–Crippen LogP) is 1.89. The van der Waals surface area contributed by atoms with Crippen molar-refractivity contribution in [3.63, 3.8) is 0 Å². The van der Waals surface area contributed by atoms with Crippen molar-refractivity contribution in [2.24, 2.45) is 0 Å². The first-order chi connectivity index (χ1) is 9.61. The number of alkyl halides is 3. The van der Waals surface area contributed by atoms with Crippen molar-refractivity contribution < 1.29 is 21.6 Å². The summed E-state index contributed by atoms with van der Waals surface area (Å²) in [6.07, 6.45) is -4.80. The van der Waals surface area contributed by atoms with Gasteiger partial charge < -0.3 is 5.32 Å². The highest BCUT2D eigenvalue weighted by Crippen LogP contribution is 2.33. The fourth-order valence-electron chi connectivity index (χ4n) is 1.44. The number of hydrogen-bond acceptors (Lipinski definition) is 4. The third-order valence-corrected chi connectivity index (χ3v) is 4.22. The Morgan fingerprint density at radius 3 is 2.41 bits per heavy atom. The molecule has 0 radical (unpaired) electrons. The Kier molecular flexibility index (Phi) is 7.31. The average molecular weight is 358 g/mol. The summed E-state index contributed by atoms with van der Waals surface area (Å²) in [6.45, 7) is 1.74. The fraction of sp³-hybridized carbons (Fsp3) is 0.417. The maximum atomic E-state index is 12.8. The molecule has 1 rings (SSSR count). The van der Waals surface area contributed by atoms with Crippen LogP contribution < -0.4 is 10.0 Å². The van der Waals surface area contributed by atoms with Crippen LogP contribution in [0.1, 0.15) is 18.1 Å². The second kappa shape index (κ2) is 7.78. The van der Waals surface area contributed by atoms with Crippen molar-refractivity contribution >= 4 is 22.4 Å². The first-order valence-corrected chi connectivity index (χ1v) is 7.38. The molecule has 1 aromatic carbocycles. The van der Waals surface area contributed by atoms with Gasteiger partial charge in [-0.25, -0.2) is 13.1 Å². The SMILES string of the molecule is CNC(C)CNS(=O)(=O)c1ccc(C#N)c(C(F)(F)F)c1.Cl. The lowest BCUT2D eigenvalue weighted by molar-refractivity contribution is -0.137. The number of nitrogens with one attached hydrogen (secondary N) is 2. The Morgan fingerprint density at radius 2 is 1.95 bits per heavy atom. The van der Waals surface area contributed by atoms with Crippen molar-refractivity contribution in [1.82, 2.24) is 10.0 Å². The number of rotatable bonds is 5. The van der Waals surface area contributed by atoms with E-state index in [1.807, 2.05) is 0 Å². The highest BCUT2D eigenvalue weighted by atomic mass is 35.5. The van der Waals surface area contributed by atoms with E-state index in [0.717, 1.165) is 12.1 Å². The molecule has 2 N–H and O–H groups in total.